The van der Waals surface area contributed by atoms with Gasteiger partial charge in [-0.1, -0.05) is 12.8 Å². The minimum absolute atomic E-state index is 0.00959. The van der Waals surface area contributed by atoms with Gasteiger partial charge in [-0.2, -0.15) is 4.98 Å². The van der Waals surface area contributed by atoms with Gasteiger partial charge < -0.3 is 20.6 Å². The number of anilines is 2. The molecule has 2 fully saturated rings. The second-order valence-electron chi connectivity index (χ2n) is 7.74. The van der Waals surface area contributed by atoms with Crippen molar-refractivity contribution in [3.05, 3.63) is 11.3 Å². The van der Waals surface area contributed by atoms with Crippen molar-refractivity contribution in [2.45, 2.75) is 56.9 Å². The predicted octanol–water partition coefficient (Wildman–Crippen LogP) is 2.47. The van der Waals surface area contributed by atoms with Crippen molar-refractivity contribution in [1.82, 2.24) is 14.9 Å². The van der Waals surface area contributed by atoms with E-state index in [1.807, 2.05) is 0 Å². The molecule has 2 heterocycles. The molecule has 1 saturated heterocycles. The number of rotatable bonds is 2. The van der Waals surface area contributed by atoms with Crippen LogP contribution in [0.2, 0.25) is 0 Å². The Hall–Kier alpha value is -2.05. The molecule has 7 nitrogen and oxygen atoms in total. The van der Waals surface area contributed by atoms with Crippen LogP contribution in [0.25, 0.3) is 0 Å². The number of aromatic nitrogens is 2. The van der Waals surface area contributed by atoms with Crippen LogP contribution in [0.5, 0.6) is 0 Å². The standard InChI is InChI=1S/C18H27N5O2/c1-22(18(24)25)12-8-9-23(10-12)16-14-7-6-11-4-2-3-5-13(11)15(14)20-17(19)21-16/h11-13H,2-10H2,1H3,(H,24,25)(H2,19,20,21)/t11-,12+,13+/m0/s1. The first-order chi connectivity index (χ1) is 12.0. The van der Waals surface area contributed by atoms with Crippen LogP contribution >= 0.6 is 0 Å². The molecular formula is C18H27N5O2. The van der Waals surface area contributed by atoms with Crippen LogP contribution in [0.4, 0.5) is 16.6 Å². The molecule has 1 amide bonds. The molecule has 2 aliphatic carbocycles. The molecule has 3 atom stereocenters. The third kappa shape index (κ3) is 2.89. The molecule has 0 radical (unpaired) electrons. The fourth-order valence-electron chi connectivity index (χ4n) is 4.96. The summed E-state index contributed by atoms with van der Waals surface area (Å²) in [6.45, 7) is 1.50. The van der Waals surface area contributed by atoms with E-state index >= 15 is 0 Å². The third-order valence-corrected chi connectivity index (χ3v) is 6.37. The summed E-state index contributed by atoms with van der Waals surface area (Å²) < 4.78 is 0. The topological polar surface area (TPSA) is 95.6 Å². The fourth-order valence-corrected chi connectivity index (χ4v) is 4.96. The van der Waals surface area contributed by atoms with Crippen LogP contribution in [0, 0.1) is 5.92 Å². The van der Waals surface area contributed by atoms with Gasteiger partial charge in [-0.15, -0.1) is 0 Å². The maximum atomic E-state index is 11.2. The van der Waals surface area contributed by atoms with E-state index in [9.17, 15) is 9.90 Å². The molecular weight excluding hydrogens is 318 g/mol. The zero-order valence-electron chi connectivity index (χ0n) is 14.8. The summed E-state index contributed by atoms with van der Waals surface area (Å²) in [5.74, 6) is 2.58. The molecule has 1 saturated carbocycles. The summed E-state index contributed by atoms with van der Waals surface area (Å²) in [5.41, 5.74) is 8.50. The highest BCUT2D eigenvalue weighted by molar-refractivity contribution is 5.65. The van der Waals surface area contributed by atoms with Crippen molar-refractivity contribution in [3.63, 3.8) is 0 Å². The van der Waals surface area contributed by atoms with E-state index in [-0.39, 0.29) is 6.04 Å². The Kier molecular flexibility index (Phi) is 4.17. The van der Waals surface area contributed by atoms with Crippen molar-refractivity contribution in [1.29, 1.82) is 0 Å². The molecule has 7 heteroatoms. The first-order valence-electron chi connectivity index (χ1n) is 9.41. The first kappa shape index (κ1) is 16.4. The summed E-state index contributed by atoms with van der Waals surface area (Å²) in [6, 6.07) is 0.00959. The number of hydrogen-bond acceptors (Lipinski definition) is 5. The number of hydrogen-bond donors (Lipinski definition) is 2. The van der Waals surface area contributed by atoms with Gasteiger partial charge in [-0.3, -0.25) is 0 Å². The lowest BCUT2D eigenvalue weighted by atomic mass is 9.70. The Morgan fingerprint density at radius 2 is 2.04 bits per heavy atom. The number of amides is 1. The molecule has 25 heavy (non-hydrogen) atoms. The third-order valence-electron chi connectivity index (χ3n) is 6.37. The van der Waals surface area contributed by atoms with Gasteiger partial charge in [0.15, 0.2) is 0 Å². The highest BCUT2D eigenvalue weighted by atomic mass is 16.4. The second kappa shape index (κ2) is 6.35. The monoisotopic (exact) mass is 345 g/mol. The lowest BCUT2D eigenvalue weighted by Crippen LogP contribution is -2.38. The number of likely N-dealkylation sites (N-methyl/N-ethyl adjacent to an activating group) is 1. The van der Waals surface area contributed by atoms with Gasteiger partial charge in [0.05, 0.1) is 11.7 Å². The highest BCUT2D eigenvalue weighted by Gasteiger charge is 2.37. The van der Waals surface area contributed by atoms with Crippen LogP contribution in [0.15, 0.2) is 0 Å². The molecule has 4 rings (SSSR count). The minimum Gasteiger partial charge on any atom is -0.465 e. The van der Waals surface area contributed by atoms with Crippen molar-refractivity contribution < 1.29 is 9.90 Å². The van der Waals surface area contributed by atoms with Gasteiger partial charge in [0.25, 0.3) is 0 Å². The maximum absolute atomic E-state index is 11.2. The van der Waals surface area contributed by atoms with Crippen LogP contribution in [-0.2, 0) is 6.42 Å². The zero-order valence-corrected chi connectivity index (χ0v) is 14.8. The van der Waals surface area contributed by atoms with E-state index in [0.29, 0.717) is 18.4 Å². The summed E-state index contributed by atoms with van der Waals surface area (Å²) in [4.78, 5) is 24.1. The van der Waals surface area contributed by atoms with Gasteiger partial charge in [0.2, 0.25) is 5.95 Å². The largest absolute Gasteiger partial charge is 0.465 e. The molecule has 1 aliphatic heterocycles. The number of fused-ring (bicyclic) bond motifs is 3. The summed E-state index contributed by atoms with van der Waals surface area (Å²) in [5, 5.41) is 9.23. The highest BCUT2D eigenvalue weighted by Crippen LogP contribution is 2.46. The van der Waals surface area contributed by atoms with Gasteiger partial charge in [0, 0.05) is 31.6 Å². The molecule has 3 N–H and O–H groups in total. The lowest BCUT2D eigenvalue weighted by molar-refractivity contribution is 0.142. The van der Waals surface area contributed by atoms with Crippen molar-refractivity contribution in [3.8, 4) is 0 Å². The number of nitrogens with zero attached hydrogens (tertiary/aromatic N) is 4. The molecule has 136 valence electrons. The number of carboxylic acid groups (broad SMARTS) is 1. The van der Waals surface area contributed by atoms with E-state index in [2.05, 4.69) is 14.9 Å². The average Bonchev–Trinajstić information content (AvgIpc) is 3.10. The summed E-state index contributed by atoms with van der Waals surface area (Å²) in [6.07, 6.45) is 7.30. The smallest absolute Gasteiger partial charge is 0.407 e. The Labute approximate surface area is 148 Å². The first-order valence-corrected chi connectivity index (χ1v) is 9.41. The number of nitrogens with two attached hydrogens (primary N) is 1. The Morgan fingerprint density at radius 3 is 2.84 bits per heavy atom. The van der Waals surface area contributed by atoms with Gasteiger partial charge in [-0.05, 0) is 38.0 Å². The van der Waals surface area contributed by atoms with Crippen LogP contribution < -0.4 is 10.6 Å². The van der Waals surface area contributed by atoms with E-state index < -0.39 is 6.09 Å². The lowest BCUT2D eigenvalue weighted by Gasteiger charge is -2.37. The summed E-state index contributed by atoms with van der Waals surface area (Å²) >= 11 is 0. The van der Waals surface area contributed by atoms with Crippen molar-refractivity contribution in [2.75, 3.05) is 30.8 Å². The zero-order chi connectivity index (χ0) is 17.6. The number of carbonyl (C=O) groups is 1. The van der Waals surface area contributed by atoms with E-state index in [4.69, 9.17) is 5.73 Å². The van der Waals surface area contributed by atoms with Gasteiger partial charge in [0.1, 0.15) is 5.82 Å². The second-order valence-corrected chi connectivity index (χ2v) is 7.74. The molecule has 0 spiro atoms. The normalized spacial score (nSPS) is 28.4. The van der Waals surface area contributed by atoms with Crippen molar-refractivity contribution in [2.24, 2.45) is 5.92 Å². The number of nitrogen functional groups attached to an aromatic ring is 1. The molecule has 3 aliphatic rings. The average molecular weight is 345 g/mol. The Balaban J connectivity index is 1.63. The predicted molar refractivity (Wildman–Crippen MR) is 95.9 cm³/mol. The van der Waals surface area contributed by atoms with Crippen LogP contribution in [-0.4, -0.2) is 52.2 Å². The molecule has 0 bridgehead atoms. The fraction of sp³-hybridized carbons (Fsp3) is 0.722. The minimum atomic E-state index is -0.874. The van der Waals surface area contributed by atoms with Crippen LogP contribution in [0.1, 0.15) is 55.7 Å². The summed E-state index contributed by atoms with van der Waals surface area (Å²) in [7, 11) is 1.65. The van der Waals surface area contributed by atoms with Crippen molar-refractivity contribution >= 4 is 17.9 Å². The molecule has 1 aromatic rings. The Bertz CT molecular complexity index is 680. The molecule has 1 aromatic heterocycles. The SMILES string of the molecule is CN(C(=O)O)[C@@H]1CCN(c2nc(N)nc3c2CC[C@@H]2CCCC[C@@H]32)C1. The molecule has 0 unspecified atom stereocenters. The van der Waals surface area contributed by atoms with E-state index in [1.165, 1.54) is 48.3 Å². The van der Waals surface area contributed by atoms with Gasteiger partial charge in [-0.25, -0.2) is 9.78 Å². The maximum Gasteiger partial charge on any atom is 0.407 e. The quantitative estimate of drug-likeness (QED) is 0.855. The van der Waals surface area contributed by atoms with Gasteiger partial charge >= 0.3 is 6.09 Å². The molecule has 0 aromatic carbocycles. The Morgan fingerprint density at radius 1 is 1.24 bits per heavy atom. The van der Waals surface area contributed by atoms with E-state index in [1.54, 1.807) is 7.05 Å². The van der Waals surface area contributed by atoms with Crippen LogP contribution in [0.3, 0.4) is 0 Å². The van der Waals surface area contributed by atoms with E-state index in [0.717, 1.165) is 31.1 Å².